The van der Waals surface area contributed by atoms with Crippen LogP contribution in [0.4, 0.5) is 0 Å². The Hall–Kier alpha value is -2.87. The van der Waals surface area contributed by atoms with Gasteiger partial charge in [-0.3, -0.25) is 9.59 Å². The van der Waals surface area contributed by atoms with Gasteiger partial charge in [-0.1, -0.05) is 18.2 Å². The van der Waals surface area contributed by atoms with Gasteiger partial charge in [0.25, 0.3) is 5.91 Å². The Morgan fingerprint density at radius 1 is 1.18 bits per heavy atom. The minimum atomic E-state index is -1.01. The molecule has 1 aromatic carbocycles. The summed E-state index contributed by atoms with van der Waals surface area (Å²) in [5.74, 6) is 1.64. The second-order valence-electron chi connectivity index (χ2n) is 8.81. The van der Waals surface area contributed by atoms with Crippen molar-refractivity contribution >= 4 is 11.8 Å². The van der Waals surface area contributed by atoms with Gasteiger partial charge in [-0.15, -0.1) is 0 Å². The topological polar surface area (TPSA) is 76.9 Å². The molecule has 0 N–H and O–H groups in total. The Morgan fingerprint density at radius 2 is 2.03 bits per heavy atom. The van der Waals surface area contributed by atoms with Crippen molar-refractivity contribution < 1.29 is 19.1 Å². The van der Waals surface area contributed by atoms with E-state index >= 15 is 0 Å². The summed E-state index contributed by atoms with van der Waals surface area (Å²) in [5, 5.41) is 0. The quantitative estimate of drug-likeness (QED) is 0.712. The molecular formula is C25H34N4O4. The number of para-hydroxylation sites is 1. The zero-order chi connectivity index (χ0) is 23.3. The fourth-order valence-corrected chi connectivity index (χ4v) is 4.74. The van der Waals surface area contributed by atoms with Gasteiger partial charge < -0.3 is 23.8 Å². The highest BCUT2D eigenvalue weighted by molar-refractivity contribution is 5.87. The monoisotopic (exact) mass is 454 g/mol. The van der Waals surface area contributed by atoms with E-state index in [1.807, 2.05) is 36.6 Å². The Labute approximate surface area is 195 Å². The summed E-state index contributed by atoms with van der Waals surface area (Å²) in [5.41, 5.74) is 0.186. The van der Waals surface area contributed by atoms with Crippen LogP contribution in [-0.4, -0.2) is 76.2 Å². The first kappa shape index (κ1) is 23.3. The van der Waals surface area contributed by atoms with Crippen molar-refractivity contribution in [2.45, 2.75) is 51.7 Å². The first-order chi connectivity index (χ1) is 16.0. The third-order valence-corrected chi connectivity index (χ3v) is 6.69. The maximum Gasteiger partial charge on any atom is 0.256 e. The summed E-state index contributed by atoms with van der Waals surface area (Å²) < 4.78 is 14.1. The second kappa shape index (κ2) is 10.4. The van der Waals surface area contributed by atoms with Crippen LogP contribution >= 0.6 is 0 Å². The van der Waals surface area contributed by atoms with Gasteiger partial charge in [-0.25, -0.2) is 4.98 Å². The van der Waals surface area contributed by atoms with Crippen LogP contribution in [0.5, 0.6) is 5.75 Å². The molecule has 0 bridgehead atoms. The van der Waals surface area contributed by atoms with Gasteiger partial charge in [0.05, 0.1) is 19.7 Å². The summed E-state index contributed by atoms with van der Waals surface area (Å²) in [7, 11) is 0. The molecule has 1 spiro atoms. The number of amides is 2. The number of imidazole rings is 1. The standard InChI is InChI=1S/C25H34N4O4/c1-3-27-14-16-32-22-10-5-4-8-21(22)9-6-7-11-25(24(27)31)19-29(15-17-33-25)23(30)18-28-13-12-26-20(28)2/h4-5,8,10,12-13H,3,6-7,9,11,14-19H2,1-2H3. The SMILES string of the molecule is CCN1CCOc2ccccc2CCCCC2(CN(C(=O)Cn3ccnc3C)CCO2)C1=O. The van der Waals surface area contributed by atoms with Crippen LogP contribution in [0.3, 0.4) is 0 Å². The average Bonchev–Trinajstić information content (AvgIpc) is 3.23. The maximum atomic E-state index is 13.7. The number of hydrogen-bond acceptors (Lipinski definition) is 5. The van der Waals surface area contributed by atoms with Crippen LogP contribution in [0.25, 0.3) is 0 Å². The Kier molecular flexibility index (Phi) is 7.33. The molecule has 1 saturated heterocycles. The number of hydrogen-bond donors (Lipinski definition) is 0. The number of rotatable bonds is 3. The highest BCUT2D eigenvalue weighted by atomic mass is 16.5. The highest BCUT2D eigenvalue weighted by Crippen LogP contribution is 2.29. The number of aromatic nitrogens is 2. The van der Waals surface area contributed by atoms with E-state index in [4.69, 9.17) is 9.47 Å². The summed E-state index contributed by atoms with van der Waals surface area (Å²) in [6.45, 7) is 6.68. The number of morpholine rings is 1. The molecule has 2 aromatic rings. The molecule has 4 rings (SSSR count). The molecule has 178 valence electrons. The minimum absolute atomic E-state index is 0.0157. The molecule has 1 unspecified atom stereocenters. The van der Waals surface area contributed by atoms with E-state index in [0.717, 1.165) is 30.8 Å². The zero-order valence-electron chi connectivity index (χ0n) is 19.7. The van der Waals surface area contributed by atoms with Crippen molar-refractivity contribution in [1.29, 1.82) is 0 Å². The molecule has 2 aliphatic rings. The molecule has 2 aliphatic heterocycles. The molecular weight excluding hydrogens is 420 g/mol. The number of carbonyl (C=O) groups is 2. The zero-order valence-corrected chi connectivity index (χ0v) is 19.7. The lowest BCUT2D eigenvalue weighted by molar-refractivity contribution is -0.176. The highest BCUT2D eigenvalue weighted by Gasteiger charge is 2.46. The predicted octanol–water partition coefficient (Wildman–Crippen LogP) is 2.44. The molecule has 0 saturated carbocycles. The molecule has 0 radical (unpaired) electrons. The van der Waals surface area contributed by atoms with E-state index in [0.29, 0.717) is 39.3 Å². The van der Waals surface area contributed by atoms with Crippen LogP contribution in [0, 0.1) is 6.92 Å². The number of ether oxygens (including phenoxy) is 2. The number of likely N-dealkylation sites (N-methyl/N-ethyl adjacent to an activating group) is 1. The summed E-state index contributed by atoms with van der Waals surface area (Å²) in [6.07, 6.45) is 6.74. The van der Waals surface area contributed by atoms with Gasteiger partial charge in [0.1, 0.15) is 24.7 Å². The molecule has 3 heterocycles. The minimum Gasteiger partial charge on any atom is -0.491 e. The van der Waals surface area contributed by atoms with E-state index in [-0.39, 0.29) is 24.9 Å². The largest absolute Gasteiger partial charge is 0.491 e. The molecule has 1 fully saturated rings. The molecule has 1 aromatic heterocycles. The van der Waals surface area contributed by atoms with Crippen LogP contribution in [0.1, 0.15) is 37.6 Å². The average molecular weight is 455 g/mol. The normalized spacial score (nSPS) is 22.3. The van der Waals surface area contributed by atoms with Gasteiger partial charge >= 0.3 is 0 Å². The lowest BCUT2D eigenvalue weighted by Gasteiger charge is -2.44. The fourth-order valence-electron chi connectivity index (χ4n) is 4.74. The first-order valence-electron chi connectivity index (χ1n) is 11.9. The third-order valence-electron chi connectivity index (χ3n) is 6.69. The lowest BCUT2D eigenvalue weighted by atomic mass is 9.91. The predicted molar refractivity (Wildman–Crippen MR) is 124 cm³/mol. The Balaban J connectivity index is 1.52. The number of fused-ring (bicyclic) bond motifs is 1. The van der Waals surface area contributed by atoms with Crippen LogP contribution in [0.15, 0.2) is 36.7 Å². The van der Waals surface area contributed by atoms with Crippen molar-refractivity contribution in [2.24, 2.45) is 0 Å². The van der Waals surface area contributed by atoms with Crippen molar-refractivity contribution in [3.8, 4) is 5.75 Å². The molecule has 1 atom stereocenters. The number of nitrogens with zero attached hydrogens (tertiary/aromatic N) is 4. The van der Waals surface area contributed by atoms with E-state index in [1.54, 1.807) is 22.2 Å². The molecule has 8 nitrogen and oxygen atoms in total. The number of aryl methyl sites for hydroxylation is 2. The smallest absolute Gasteiger partial charge is 0.256 e. The van der Waals surface area contributed by atoms with Gasteiger partial charge in [0, 0.05) is 25.5 Å². The van der Waals surface area contributed by atoms with Crippen LogP contribution in [0.2, 0.25) is 0 Å². The third kappa shape index (κ3) is 5.21. The molecule has 2 amide bonds. The number of carbonyl (C=O) groups excluding carboxylic acids is 2. The van der Waals surface area contributed by atoms with E-state index in [9.17, 15) is 9.59 Å². The van der Waals surface area contributed by atoms with Gasteiger partial charge in [0.15, 0.2) is 5.60 Å². The Bertz CT molecular complexity index is 975. The van der Waals surface area contributed by atoms with Crippen LogP contribution < -0.4 is 4.74 Å². The van der Waals surface area contributed by atoms with Crippen molar-refractivity contribution in [3.63, 3.8) is 0 Å². The van der Waals surface area contributed by atoms with Crippen molar-refractivity contribution in [1.82, 2.24) is 19.4 Å². The van der Waals surface area contributed by atoms with E-state index in [1.165, 1.54) is 5.56 Å². The Morgan fingerprint density at radius 3 is 2.82 bits per heavy atom. The molecule has 8 heteroatoms. The molecule has 33 heavy (non-hydrogen) atoms. The summed E-state index contributed by atoms with van der Waals surface area (Å²) in [6, 6.07) is 8.12. The van der Waals surface area contributed by atoms with Gasteiger partial charge in [-0.05, 0) is 51.2 Å². The van der Waals surface area contributed by atoms with Gasteiger partial charge in [-0.2, -0.15) is 0 Å². The maximum absolute atomic E-state index is 13.7. The second-order valence-corrected chi connectivity index (χ2v) is 8.81. The van der Waals surface area contributed by atoms with E-state index < -0.39 is 5.60 Å². The number of benzene rings is 1. The van der Waals surface area contributed by atoms with Crippen molar-refractivity contribution in [2.75, 3.05) is 39.4 Å². The van der Waals surface area contributed by atoms with Gasteiger partial charge in [0.2, 0.25) is 5.91 Å². The van der Waals surface area contributed by atoms with E-state index in [2.05, 4.69) is 11.1 Å². The molecule has 0 aliphatic carbocycles. The fraction of sp³-hybridized carbons (Fsp3) is 0.560. The summed E-state index contributed by atoms with van der Waals surface area (Å²) in [4.78, 5) is 34.6. The van der Waals surface area contributed by atoms with Crippen molar-refractivity contribution in [3.05, 3.63) is 48.0 Å². The lowest BCUT2D eigenvalue weighted by Crippen LogP contribution is -2.62. The summed E-state index contributed by atoms with van der Waals surface area (Å²) >= 11 is 0. The van der Waals surface area contributed by atoms with Crippen LogP contribution in [-0.2, 0) is 27.3 Å². The first-order valence-corrected chi connectivity index (χ1v) is 11.9.